The molecular formula is C21H27N3O5. The number of hydrogen-bond donors (Lipinski definition) is 1. The van der Waals surface area contributed by atoms with Gasteiger partial charge in [0.15, 0.2) is 6.10 Å². The van der Waals surface area contributed by atoms with E-state index < -0.39 is 23.5 Å². The van der Waals surface area contributed by atoms with Crippen molar-refractivity contribution in [3.63, 3.8) is 0 Å². The Balaban J connectivity index is 1.73. The molecular weight excluding hydrogens is 374 g/mol. The number of anilines is 2. The van der Waals surface area contributed by atoms with Crippen LogP contribution >= 0.6 is 0 Å². The molecule has 8 heteroatoms. The number of nitrogens with one attached hydrogen (secondary N) is 1. The molecule has 1 aromatic carbocycles. The van der Waals surface area contributed by atoms with Crippen LogP contribution in [-0.2, 0) is 23.9 Å². The topological polar surface area (TPSA) is 96.0 Å². The second kappa shape index (κ2) is 8.23. The third-order valence-corrected chi connectivity index (χ3v) is 5.38. The smallest absolute Gasteiger partial charge is 0.326 e. The van der Waals surface area contributed by atoms with Gasteiger partial charge in [0.05, 0.1) is 11.4 Å². The minimum atomic E-state index is -1.15. The summed E-state index contributed by atoms with van der Waals surface area (Å²) in [4.78, 5) is 53.0. The first-order chi connectivity index (χ1) is 13.7. The number of carbonyl (C=O) groups is 4. The molecule has 0 aliphatic carbocycles. The highest BCUT2D eigenvalue weighted by molar-refractivity contribution is 6.15. The van der Waals surface area contributed by atoms with Gasteiger partial charge in [0.1, 0.15) is 12.1 Å². The normalized spacial score (nSPS) is 19.7. The summed E-state index contributed by atoms with van der Waals surface area (Å²) in [5.74, 6) is -1.51. The first-order valence-corrected chi connectivity index (χ1v) is 9.93. The summed E-state index contributed by atoms with van der Waals surface area (Å²) in [6.07, 6.45) is 1.96. The van der Waals surface area contributed by atoms with E-state index in [1.54, 1.807) is 38.1 Å². The van der Waals surface area contributed by atoms with E-state index in [4.69, 9.17) is 4.74 Å². The van der Waals surface area contributed by atoms with Crippen LogP contribution in [0.1, 0.15) is 46.5 Å². The highest BCUT2D eigenvalue weighted by Crippen LogP contribution is 2.37. The second-order valence-corrected chi connectivity index (χ2v) is 7.96. The molecule has 3 amide bonds. The van der Waals surface area contributed by atoms with Gasteiger partial charge in [-0.25, -0.2) is 0 Å². The Hall–Kier alpha value is -2.90. The summed E-state index contributed by atoms with van der Waals surface area (Å²) in [7, 11) is 0. The van der Waals surface area contributed by atoms with Crippen LogP contribution in [-0.4, -0.2) is 53.3 Å². The highest BCUT2D eigenvalue weighted by atomic mass is 16.5. The van der Waals surface area contributed by atoms with E-state index in [0.29, 0.717) is 24.3 Å². The zero-order valence-corrected chi connectivity index (χ0v) is 17.1. The number of nitrogens with zero attached hydrogens (tertiary/aromatic N) is 2. The summed E-state index contributed by atoms with van der Waals surface area (Å²) in [5.41, 5.74) is -0.0705. The summed E-state index contributed by atoms with van der Waals surface area (Å²) in [5, 5.41) is 2.79. The van der Waals surface area contributed by atoms with Crippen molar-refractivity contribution in [2.24, 2.45) is 0 Å². The molecule has 8 nitrogen and oxygen atoms in total. The molecule has 0 saturated carbocycles. The van der Waals surface area contributed by atoms with E-state index in [1.165, 1.54) is 16.7 Å². The lowest BCUT2D eigenvalue weighted by atomic mass is 9.95. The lowest BCUT2D eigenvalue weighted by Crippen LogP contribution is -2.60. The maximum Gasteiger partial charge on any atom is 0.326 e. The Labute approximate surface area is 170 Å². The predicted molar refractivity (Wildman–Crippen MR) is 107 cm³/mol. The number of para-hydroxylation sites is 2. The zero-order valence-electron chi connectivity index (χ0n) is 17.1. The summed E-state index contributed by atoms with van der Waals surface area (Å²) in [6, 6.07) is 6.99. The van der Waals surface area contributed by atoms with E-state index in [-0.39, 0.29) is 18.4 Å². The molecule has 1 atom stereocenters. The Kier molecular flexibility index (Phi) is 5.91. The number of amides is 3. The molecule has 0 aromatic heterocycles. The Morgan fingerprint density at radius 1 is 1.17 bits per heavy atom. The van der Waals surface area contributed by atoms with Gasteiger partial charge < -0.3 is 15.0 Å². The van der Waals surface area contributed by atoms with Crippen LogP contribution < -0.4 is 10.2 Å². The third-order valence-electron chi connectivity index (χ3n) is 5.38. The van der Waals surface area contributed by atoms with Crippen molar-refractivity contribution in [3.8, 4) is 0 Å². The lowest BCUT2D eigenvalue weighted by Gasteiger charge is -2.42. The minimum absolute atomic E-state index is 0.0683. The second-order valence-electron chi connectivity index (χ2n) is 7.96. The van der Waals surface area contributed by atoms with Gasteiger partial charge in [-0.2, -0.15) is 0 Å². The number of benzene rings is 1. The number of rotatable bonds is 4. The monoisotopic (exact) mass is 401 g/mol. The van der Waals surface area contributed by atoms with Gasteiger partial charge in [0, 0.05) is 13.0 Å². The van der Waals surface area contributed by atoms with Crippen LogP contribution in [0.15, 0.2) is 24.3 Å². The van der Waals surface area contributed by atoms with Gasteiger partial charge in [-0.15, -0.1) is 0 Å². The van der Waals surface area contributed by atoms with Gasteiger partial charge in [-0.3, -0.25) is 24.1 Å². The molecule has 1 aromatic rings. The van der Waals surface area contributed by atoms with Gasteiger partial charge >= 0.3 is 5.97 Å². The standard InChI is InChI=1S/C21H27N3O5/c1-14(29-18(26)13-23-12-8-4-5-11-17(23)25)19(27)24-16-10-7-6-9-15(16)22-20(28)21(24,2)3/h6-7,9-10,14H,4-5,8,11-13H2,1-3H3,(H,22,28)/t14-/m0/s1. The molecule has 3 rings (SSSR count). The lowest BCUT2D eigenvalue weighted by molar-refractivity contribution is -0.157. The zero-order chi connectivity index (χ0) is 21.2. The van der Waals surface area contributed by atoms with Crippen LogP contribution in [0.5, 0.6) is 0 Å². The molecule has 156 valence electrons. The van der Waals surface area contributed by atoms with Crippen molar-refractivity contribution in [3.05, 3.63) is 24.3 Å². The number of ether oxygens (including phenoxy) is 1. The molecule has 2 heterocycles. The predicted octanol–water partition coefficient (Wildman–Crippen LogP) is 2.08. The number of carbonyl (C=O) groups excluding carboxylic acids is 4. The molecule has 1 N–H and O–H groups in total. The summed E-state index contributed by atoms with van der Waals surface area (Å²) in [6.45, 7) is 5.11. The fourth-order valence-corrected chi connectivity index (χ4v) is 3.67. The molecule has 2 aliphatic rings. The number of hydrogen-bond acceptors (Lipinski definition) is 5. The van der Waals surface area contributed by atoms with E-state index in [0.717, 1.165) is 19.3 Å². The average molecular weight is 401 g/mol. The maximum absolute atomic E-state index is 13.2. The van der Waals surface area contributed by atoms with Crippen molar-refractivity contribution in [1.29, 1.82) is 0 Å². The largest absolute Gasteiger partial charge is 0.451 e. The Bertz CT molecular complexity index is 835. The van der Waals surface area contributed by atoms with Crippen molar-refractivity contribution in [2.75, 3.05) is 23.3 Å². The number of esters is 1. The quantitative estimate of drug-likeness (QED) is 0.780. The molecule has 0 unspecified atom stereocenters. The third kappa shape index (κ3) is 4.26. The van der Waals surface area contributed by atoms with Crippen LogP contribution in [0.4, 0.5) is 11.4 Å². The van der Waals surface area contributed by atoms with Crippen molar-refractivity contribution < 1.29 is 23.9 Å². The molecule has 0 bridgehead atoms. The summed E-state index contributed by atoms with van der Waals surface area (Å²) >= 11 is 0. The van der Waals surface area contributed by atoms with Crippen LogP contribution in [0.2, 0.25) is 0 Å². The maximum atomic E-state index is 13.2. The van der Waals surface area contributed by atoms with Gasteiger partial charge in [0.2, 0.25) is 11.8 Å². The van der Waals surface area contributed by atoms with Crippen LogP contribution in [0.25, 0.3) is 0 Å². The number of fused-ring (bicyclic) bond motifs is 1. The fraction of sp³-hybridized carbons (Fsp3) is 0.524. The van der Waals surface area contributed by atoms with Gasteiger partial charge in [0.25, 0.3) is 5.91 Å². The fourth-order valence-electron chi connectivity index (χ4n) is 3.67. The molecule has 29 heavy (non-hydrogen) atoms. The van der Waals surface area contributed by atoms with Crippen LogP contribution in [0.3, 0.4) is 0 Å². The average Bonchev–Trinajstić information content (AvgIpc) is 2.86. The molecule has 1 saturated heterocycles. The van der Waals surface area contributed by atoms with Crippen molar-refractivity contribution in [1.82, 2.24) is 4.90 Å². The van der Waals surface area contributed by atoms with E-state index >= 15 is 0 Å². The summed E-state index contributed by atoms with van der Waals surface area (Å²) < 4.78 is 5.35. The van der Waals surface area contributed by atoms with Crippen molar-refractivity contribution >= 4 is 35.1 Å². The number of likely N-dealkylation sites (tertiary alicyclic amines) is 1. The molecule has 1 fully saturated rings. The minimum Gasteiger partial charge on any atom is -0.451 e. The van der Waals surface area contributed by atoms with Crippen LogP contribution in [0, 0.1) is 0 Å². The highest BCUT2D eigenvalue weighted by Gasteiger charge is 2.45. The van der Waals surface area contributed by atoms with E-state index in [2.05, 4.69) is 5.32 Å². The SMILES string of the molecule is C[C@H](OC(=O)CN1CCCCCC1=O)C(=O)N1c2ccccc2NC(=O)C1(C)C. The molecule has 0 radical (unpaired) electrons. The molecule has 2 aliphatic heterocycles. The van der Waals surface area contributed by atoms with E-state index in [9.17, 15) is 19.2 Å². The van der Waals surface area contributed by atoms with Gasteiger partial charge in [-0.05, 0) is 45.7 Å². The van der Waals surface area contributed by atoms with Gasteiger partial charge in [-0.1, -0.05) is 18.6 Å². The Morgan fingerprint density at radius 3 is 2.66 bits per heavy atom. The van der Waals surface area contributed by atoms with Crippen molar-refractivity contribution in [2.45, 2.75) is 58.1 Å². The Morgan fingerprint density at radius 2 is 1.90 bits per heavy atom. The van der Waals surface area contributed by atoms with E-state index in [1.807, 2.05) is 0 Å². The first kappa shape index (κ1) is 20.8. The first-order valence-electron chi connectivity index (χ1n) is 9.93. The molecule has 0 spiro atoms.